The van der Waals surface area contributed by atoms with Gasteiger partial charge in [-0.15, -0.1) is 0 Å². The third-order valence-corrected chi connectivity index (χ3v) is 2.95. The molecule has 0 radical (unpaired) electrons. The molecule has 0 aliphatic heterocycles. The Hall–Kier alpha value is -1.62. The van der Waals surface area contributed by atoms with E-state index in [4.69, 9.17) is 11.6 Å². The second kappa shape index (κ2) is 6.02. The minimum atomic E-state index is 0.597. The lowest BCUT2D eigenvalue weighted by Gasteiger charge is -2.12. The van der Waals surface area contributed by atoms with Crippen molar-refractivity contribution in [3.63, 3.8) is 0 Å². The topological polar surface area (TPSA) is 55.6 Å². The zero-order chi connectivity index (χ0) is 13.8. The van der Waals surface area contributed by atoms with Crippen molar-refractivity contribution >= 4 is 17.4 Å². The molecule has 0 fully saturated rings. The van der Waals surface area contributed by atoms with Crippen LogP contribution in [0.2, 0.25) is 5.02 Å². The summed E-state index contributed by atoms with van der Waals surface area (Å²) in [6, 6.07) is 0. The Morgan fingerprint density at radius 2 is 2.11 bits per heavy atom. The largest absolute Gasteiger partial charge is 0.370 e. The van der Waals surface area contributed by atoms with Crippen LogP contribution < -0.4 is 5.32 Å². The number of aryl methyl sites for hydroxylation is 1. The molecule has 0 aliphatic carbocycles. The van der Waals surface area contributed by atoms with Crippen molar-refractivity contribution in [1.29, 1.82) is 0 Å². The van der Waals surface area contributed by atoms with Gasteiger partial charge >= 0.3 is 0 Å². The van der Waals surface area contributed by atoms with E-state index >= 15 is 0 Å². The standard InChI is InChI=1S/C13H18ClN5/c1-4-6-11-17-12(15-5-2)9(3)13(18-11)19-8-10(14)7-16-19/h7-8H,4-6H2,1-3H3,(H,15,17,18). The fraction of sp³-hybridized carbons (Fsp3) is 0.462. The molecule has 0 amide bonds. The number of hydrogen-bond acceptors (Lipinski definition) is 4. The molecule has 2 aromatic rings. The Morgan fingerprint density at radius 1 is 1.32 bits per heavy atom. The Bertz CT molecular complexity index is 564. The second-order valence-electron chi connectivity index (χ2n) is 4.32. The third kappa shape index (κ3) is 3.04. The van der Waals surface area contributed by atoms with Crippen LogP contribution in [-0.2, 0) is 6.42 Å². The molecule has 102 valence electrons. The lowest BCUT2D eigenvalue weighted by atomic mass is 10.2. The molecule has 0 saturated heterocycles. The van der Waals surface area contributed by atoms with E-state index in [1.54, 1.807) is 17.1 Å². The quantitative estimate of drug-likeness (QED) is 0.914. The first-order valence-electron chi connectivity index (χ1n) is 6.47. The lowest BCUT2D eigenvalue weighted by Crippen LogP contribution is -2.11. The molecule has 5 nitrogen and oxygen atoms in total. The number of halogens is 1. The van der Waals surface area contributed by atoms with E-state index in [-0.39, 0.29) is 0 Å². The molecule has 2 rings (SSSR count). The maximum Gasteiger partial charge on any atom is 0.162 e. The fourth-order valence-corrected chi connectivity index (χ4v) is 2.00. The molecule has 0 bridgehead atoms. The van der Waals surface area contributed by atoms with Gasteiger partial charge in [-0.05, 0) is 20.3 Å². The maximum absolute atomic E-state index is 5.92. The zero-order valence-corrected chi connectivity index (χ0v) is 12.2. The summed E-state index contributed by atoms with van der Waals surface area (Å²) in [4.78, 5) is 9.13. The second-order valence-corrected chi connectivity index (χ2v) is 4.76. The van der Waals surface area contributed by atoms with E-state index in [0.717, 1.165) is 42.4 Å². The van der Waals surface area contributed by atoms with Gasteiger partial charge < -0.3 is 5.32 Å². The lowest BCUT2D eigenvalue weighted by molar-refractivity contribution is 0.777. The normalized spacial score (nSPS) is 10.7. The van der Waals surface area contributed by atoms with Crippen molar-refractivity contribution in [3.8, 4) is 5.82 Å². The van der Waals surface area contributed by atoms with Crippen LogP contribution in [0, 0.1) is 6.92 Å². The van der Waals surface area contributed by atoms with E-state index in [2.05, 4.69) is 27.3 Å². The minimum Gasteiger partial charge on any atom is -0.370 e. The van der Waals surface area contributed by atoms with Gasteiger partial charge in [0.2, 0.25) is 0 Å². The molecule has 0 spiro atoms. The highest BCUT2D eigenvalue weighted by atomic mass is 35.5. The summed E-state index contributed by atoms with van der Waals surface area (Å²) in [6.07, 6.45) is 5.21. The van der Waals surface area contributed by atoms with Crippen molar-refractivity contribution in [2.45, 2.75) is 33.6 Å². The van der Waals surface area contributed by atoms with Crippen LogP contribution in [0.15, 0.2) is 12.4 Å². The first-order valence-corrected chi connectivity index (χ1v) is 6.85. The monoisotopic (exact) mass is 279 g/mol. The van der Waals surface area contributed by atoms with Crippen molar-refractivity contribution in [1.82, 2.24) is 19.7 Å². The predicted octanol–water partition coefficient (Wildman–Crippen LogP) is 3.01. The van der Waals surface area contributed by atoms with Gasteiger partial charge in [-0.3, -0.25) is 0 Å². The Morgan fingerprint density at radius 3 is 2.68 bits per heavy atom. The van der Waals surface area contributed by atoms with Crippen LogP contribution in [0.3, 0.4) is 0 Å². The number of rotatable bonds is 5. The molecular formula is C13H18ClN5. The van der Waals surface area contributed by atoms with Gasteiger partial charge in [-0.25, -0.2) is 14.6 Å². The van der Waals surface area contributed by atoms with Gasteiger partial charge in [-0.2, -0.15) is 5.10 Å². The van der Waals surface area contributed by atoms with Crippen LogP contribution in [0.25, 0.3) is 5.82 Å². The van der Waals surface area contributed by atoms with Crippen molar-refractivity contribution in [2.24, 2.45) is 0 Å². The molecule has 0 unspecified atom stereocenters. The highest BCUT2D eigenvalue weighted by Crippen LogP contribution is 2.20. The smallest absolute Gasteiger partial charge is 0.162 e. The summed E-state index contributed by atoms with van der Waals surface area (Å²) in [5, 5.41) is 8.08. The molecule has 0 atom stereocenters. The van der Waals surface area contributed by atoms with Crippen LogP contribution in [0.1, 0.15) is 31.7 Å². The first kappa shape index (κ1) is 13.8. The van der Waals surface area contributed by atoms with Gasteiger partial charge in [0.05, 0.1) is 17.4 Å². The molecule has 0 saturated carbocycles. The number of aromatic nitrogens is 4. The molecule has 2 aromatic heterocycles. The van der Waals surface area contributed by atoms with E-state index in [9.17, 15) is 0 Å². The van der Waals surface area contributed by atoms with Crippen molar-refractivity contribution in [3.05, 3.63) is 28.8 Å². The maximum atomic E-state index is 5.92. The van der Waals surface area contributed by atoms with E-state index in [1.165, 1.54) is 0 Å². The number of nitrogens with one attached hydrogen (secondary N) is 1. The molecule has 19 heavy (non-hydrogen) atoms. The summed E-state index contributed by atoms with van der Waals surface area (Å²) >= 11 is 5.92. The number of hydrogen-bond donors (Lipinski definition) is 1. The van der Waals surface area contributed by atoms with Gasteiger partial charge in [0.15, 0.2) is 5.82 Å². The summed E-state index contributed by atoms with van der Waals surface area (Å²) < 4.78 is 1.69. The SMILES string of the molecule is CCCc1nc(NCC)c(C)c(-n2cc(Cl)cn2)n1. The van der Waals surface area contributed by atoms with Crippen LogP contribution in [0.5, 0.6) is 0 Å². The zero-order valence-electron chi connectivity index (χ0n) is 11.4. The highest BCUT2D eigenvalue weighted by Gasteiger charge is 2.12. The van der Waals surface area contributed by atoms with Crippen molar-refractivity contribution in [2.75, 3.05) is 11.9 Å². The van der Waals surface area contributed by atoms with Gasteiger partial charge in [0.25, 0.3) is 0 Å². The number of anilines is 1. The van der Waals surface area contributed by atoms with Crippen LogP contribution in [0.4, 0.5) is 5.82 Å². The predicted molar refractivity (Wildman–Crippen MR) is 77.1 cm³/mol. The molecule has 1 N–H and O–H groups in total. The molecule has 0 aromatic carbocycles. The van der Waals surface area contributed by atoms with Gasteiger partial charge in [-0.1, -0.05) is 18.5 Å². The average molecular weight is 280 g/mol. The molecule has 6 heteroatoms. The molecule has 2 heterocycles. The van der Waals surface area contributed by atoms with E-state index in [0.29, 0.717) is 5.02 Å². The van der Waals surface area contributed by atoms with Gasteiger partial charge in [0, 0.05) is 18.5 Å². The molecular weight excluding hydrogens is 262 g/mol. The van der Waals surface area contributed by atoms with Crippen LogP contribution >= 0.6 is 11.6 Å². The summed E-state index contributed by atoms with van der Waals surface area (Å²) in [5.74, 6) is 2.47. The minimum absolute atomic E-state index is 0.597. The van der Waals surface area contributed by atoms with Gasteiger partial charge in [0.1, 0.15) is 11.6 Å². The Kier molecular flexibility index (Phi) is 4.37. The van der Waals surface area contributed by atoms with Crippen LogP contribution in [-0.4, -0.2) is 26.3 Å². The van der Waals surface area contributed by atoms with Crippen molar-refractivity contribution < 1.29 is 0 Å². The Balaban J connectivity index is 2.51. The first-order chi connectivity index (χ1) is 9.15. The highest BCUT2D eigenvalue weighted by molar-refractivity contribution is 6.30. The summed E-state index contributed by atoms with van der Waals surface area (Å²) in [5.41, 5.74) is 0.974. The fourth-order valence-electron chi connectivity index (χ4n) is 1.86. The Labute approximate surface area is 118 Å². The average Bonchev–Trinajstić information content (AvgIpc) is 2.80. The summed E-state index contributed by atoms with van der Waals surface area (Å²) in [7, 11) is 0. The van der Waals surface area contributed by atoms with E-state index in [1.807, 2.05) is 13.8 Å². The molecule has 0 aliphatic rings. The number of nitrogens with zero attached hydrogens (tertiary/aromatic N) is 4. The third-order valence-electron chi connectivity index (χ3n) is 2.75. The van der Waals surface area contributed by atoms with E-state index < -0.39 is 0 Å². The summed E-state index contributed by atoms with van der Waals surface area (Å²) in [6.45, 7) is 6.97.